The number of carboxylic acid groups (broad SMARTS) is 1. The Labute approximate surface area is 109 Å². The van der Waals surface area contributed by atoms with Crippen LogP contribution in [0.25, 0.3) is 0 Å². The lowest BCUT2D eigenvalue weighted by molar-refractivity contribution is -0.384. The maximum absolute atomic E-state index is 10.8. The summed E-state index contributed by atoms with van der Waals surface area (Å²) >= 11 is 0. The highest BCUT2D eigenvalue weighted by Gasteiger charge is 2.20. The monoisotopic (exact) mass is 267 g/mol. The van der Waals surface area contributed by atoms with E-state index in [4.69, 9.17) is 5.11 Å². The summed E-state index contributed by atoms with van der Waals surface area (Å²) in [5.41, 5.74) is 0.711. The van der Waals surface area contributed by atoms with Gasteiger partial charge in [0.2, 0.25) is 0 Å². The average Bonchev–Trinajstić information content (AvgIpc) is 2.34. The van der Waals surface area contributed by atoms with Gasteiger partial charge in [-0.05, 0) is 18.4 Å². The predicted molar refractivity (Wildman–Crippen MR) is 64.6 cm³/mol. The molecule has 0 unspecified atom stereocenters. The van der Waals surface area contributed by atoms with Crippen LogP contribution in [0.15, 0.2) is 24.3 Å². The van der Waals surface area contributed by atoms with Gasteiger partial charge in [0.15, 0.2) is 6.10 Å². The number of hydrogen-bond donors (Lipinski definition) is 1. The van der Waals surface area contributed by atoms with Crippen LogP contribution in [-0.4, -0.2) is 28.1 Å². The number of aliphatic carboxylic acids is 1. The molecule has 0 saturated carbocycles. The van der Waals surface area contributed by atoms with Crippen molar-refractivity contribution < 1.29 is 24.4 Å². The Morgan fingerprint density at radius 2 is 1.95 bits per heavy atom. The maximum atomic E-state index is 10.8. The van der Waals surface area contributed by atoms with Gasteiger partial charge in [-0.3, -0.25) is 14.9 Å². The van der Waals surface area contributed by atoms with E-state index in [2.05, 4.69) is 4.74 Å². The molecule has 1 aromatic rings. The number of esters is 1. The van der Waals surface area contributed by atoms with Crippen molar-refractivity contribution in [3.63, 3.8) is 0 Å². The Balaban J connectivity index is 2.61. The molecule has 7 nitrogen and oxygen atoms in total. The molecule has 0 amide bonds. The fourth-order valence-electron chi connectivity index (χ4n) is 1.52. The van der Waals surface area contributed by atoms with E-state index < -0.39 is 23.0 Å². The third kappa shape index (κ3) is 4.74. The molecule has 0 saturated heterocycles. The van der Waals surface area contributed by atoms with Gasteiger partial charge in [0.05, 0.1) is 4.92 Å². The Morgan fingerprint density at radius 3 is 2.37 bits per heavy atom. The lowest BCUT2D eigenvalue weighted by Gasteiger charge is -2.12. The molecule has 19 heavy (non-hydrogen) atoms. The summed E-state index contributed by atoms with van der Waals surface area (Å²) in [7, 11) is 0. The molecule has 0 aliphatic heterocycles. The number of carbonyl (C=O) groups excluding carboxylic acids is 1. The van der Waals surface area contributed by atoms with Gasteiger partial charge in [0, 0.05) is 19.1 Å². The highest BCUT2D eigenvalue weighted by molar-refractivity contribution is 5.76. The van der Waals surface area contributed by atoms with Crippen molar-refractivity contribution in [3.05, 3.63) is 39.9 Å². The van der Waals surface area contributed by atoms with E-state index in [1.165, 1.54) is 12.1 Å². The predicted octanol–water partition coefficient (Wildman–Crippen LogP) is 1.54. The van der Waals surface area contributed by atoms with Crippen LogP contribution in [0.2, 0.25) is 0 Å². The second-order valence-corrected chi connectivity index (χ2v) is 3.90. The minimum Gasteiger partial charge on any atom is -0.479 e. The van der Waals surface area contributed by atoms with E-state index in [9.17, 15) is 19.7 Å². The zero-order valence-electron chi connectivity index (χ0n) is 10.2. The van der Waals surface area contributed by atoms with Crippen LogP contribution in [0.3, 0.4) is 0 Å². The van der Waals surface area contributed by atoms with Crippen molar-refractivity contribution in [1.82, 2.24) is 0 Å². The standard InChI is InChI=1S/C12H13NO6/c1-8(14)19-11(12(15)16)7-4-9-2-5-10(6-3-9)13(17)18/h2-3,5-6,11H,4,7H2,1H3,(H,15,16)/t11-/m1/s1. The number of ether oxygens (including phenoxy) is 1. The number of benzene rings is 1. The van der Waals surface area contributed by atoms with Gasteiger partial charge in [0.1, 0.15) is 0 Å². The van der Waals surface area contributed by atoms with E-state index in [-0.39, 0.29) is 12.1 Å². The molecule has 0 radical (unpaired) electrons. The first-order chi connectivity index (χ1) is 8.90. The molecule has 0 aliphatic rings. The van der Waals surface area contributed by atoms with Crippen molar-refractivity contribution in [2.24, 2.45) is 0 Å². The summed E-state index contributed by atoms with van der Waals surface area (Å²) in [6.45, 7) is 1.14. The smallest absolute Gasteiger partial charge is 0.345 e. The lowest BCUT2D eigenvalue weighted by Crippen LogP contribution is -2.26. The van der Waals surface area contributed by atoms with Gasteiger partial charge in [0.25, 0.3) is 5.69 Å². The minimum atomic E-state index is -1.21. The fourth-order valence-corrected chi connectivity index (χ4v) is 1.52. The van der Waals surface area contributed by atoms with E-state index >= 15 is 0 Å². The topological polar surface area (TPSA) is 107 Å². The van der Waals surface area contributed by atoms with Gasteiger partial charge in [-0.15, -0.1) is 0 Å². The van der Waals surface area contributed by atoms with Crippen LogP contribution in [0.5, 0.6) is 0 Å². The van der Waals surface area contributed by atoms with E-state index in [1.807, 2.05) is 0 Å². The van der Waals surface area contributed by atoms with Crippen LogP contribution in [0.4, 0.5) is 5.69 Å². The van der Waals surface area contributed by atoms with Crippen molar-refractivity contribution in [2.45, 2.75) is 25.9 Å². The van der Waals surface area contributed by atoms with Crippen molar-refractivity contribution in [3.8, 4) is 0 Å². The zero-order valence-corrected chi connectivity index (χ0v) is 10.2. The highest BCUT2D eigenvalue weighted by atomic mass is 16.6. The van der Waals surface area contributed by atoms with E-state index in [0.717, 1.165) is 12.5 Å². The van der Waals surface area contributed by atoms with Gasteiger partial charge in [-0.25, -0.2) is 4.79 Å². The summed E-state index contributed by atoms with van der Waals surface area (Å²) in [4.78, 5) is 31.5. The van der Waals surface area contributed by atoms with Gasteiger partial charge in [-0.1, -0.05) is 12.1 Å². The fraction of sp³-hybridized carbons (Fsp3) is 0.333. The third-order valence-corrected chi connectivity index (χ3v) is 2.43. The van der Waals surface area contributed by atoms with Crippen LogP contribution in [0, 0.1) is 10.1 Å². The summed E-state index contributed by atoms with van der Waals surface area (Å²) in [5, 5.41) is 19.3. The first-order valence-corrected chi connectivity index (χ1v) is 5.53. The number of carboxylic acids is 1. The Bertz CT molecular complexity index is 481. The quantitative estimate of drug-likeness (QED) is 0.476. The van der Waals surface area contributed by atoms with Gasteiger partial charge in [-0.2, -0.15) is 0 Å². The van der Waals surface area contributed by atoms with Gasteiger partial charge >= 0.3 is 11.9 Å². The molecule has 7 heteroatoms. The van der Waals surface area contributed by atoms with Crippen LogP contribution < -0.4 is 0 Å². The van der Waals surface area contributed by atoms with Crippen molar-refractivity contribution >= 4 is 17.6 Å². The number of non-ortho nitro benzene ring substituents is 1. The molecule has 1 atom stereocenters. The normalized spacial score (nSPS) is 11.6. The molecule has 102 valence electrons. The summed E-state index contributed by atoms with van der Waals surface area (Å²) in [5.74, 6) is -1.87. The molecule has 0 bridgehead atoms. The number of nitro groups is 1. The van der Waals surface area contributed by atoms with Crippen LogP contribution in [0.1, 0.15) is 18.9 Å². The SMILES string of the molecule is CC(=O)O[C@H](CCc1ccc([N+](=O)[O-])cc1)C(=O)O. The molecule has 1 N–H and O–H groups in total. The third-order valence-electron chi connectivity index (χ3n) is 2.43. The number of hydrogen-bond acceptors (Lipinski definition) is 5. The zero-order chi connectivity index (χ0) is 14.4. The van der Waals surface area contributed by atoms with Crippen molar-refractivity contribution in [1.29, 1.82) is 0 Å². The molecule has 1 aromatic carbocycles. The lowest BCUT2D eigenvalue weighted by atomic mass is 10.1. The van der Waals surface area contributed by atoms with Crippen LogP contribution >= 0.6 is 0 Å². The number of nitro benzene ring substituents is 1. The minimum absolute atomic E-state index is 0.0291. The Morgan fingerprint density at radius 1 is 1.37 bits per heavy atom. The summed E-state index contributed by atoms with van der Waals surface area (Å²) in [6, 6.07) is 5.78. The molecular formula is C12H13NO6. The molecule has 0 spiro atoms. The van der Waals surface area contributed by atoms with Gasteiger partial charge < -0.3 is 9.84 Å². The first kappa shape index (κ1) is 14.6. The Kier molecular flexibility index (Phi) is 4.99. The summed E-state index contributed by atoms with van der Waals surface area (Å²) in [6.07, 6.45) is -0.734. The second-order valence-electron chi connectivity index (χ2n) is 3.90. The number of rotatable bonds is 6. The van der Waals surface area contributed by atoms with E-state index in [1.54, 1.807) is 12.1 Å². The summed E-state index contributed by atoms with van der Waals surface area (Å²) < 4.78 is 4.65. The molecule has 0 aliphatic carbocycles. The van der Waals surface area contributed by atoms with Crippen molar-refractivity contribution in [2.75, 3.05) is 0 Å². The molecule has 1 rings (SSSR count). The molecule has 0 heterocycles. The number of nitrogens with zero attached hydrogens (tertiary/aromatic N) is 1. The average molecular weight is 267 g/mol. The molecule has 0 fully saturated rings. The number of aryl methyl sites for hydroxylation is 1. The first-order valence-electron chi connectivity index (χ1n) is 5.53. The second kappa shape index (κ2) is 6.48. The Hall–Kier alpha value is -2.44. The highest BCUT2D eigenvalue weighted by Crippen LogP contribution is 2.14. The largest absolute Gasteiger partial charge is 0.479 e. The molecule has 0 aromatic heterocycles. The number of carbonyl (C=O) groups is 2. The van der Waals surface area contributed by atoms with Crippen LogP contribution in [-0.2, 0) is 20.7 Å². The van der Waals surface area contributed by atoms with E-state index in [0.29, 0.717) is 6.42 Å². The molecular weight excluding hydrogens is 254 g/mol. The maximum Gasteiger partial charge on any atom is 0.345 e.